The highest BCUT2D eigenvalue weighted by Crippen LogP contribution is 2.18. The molecule has 0 aromatic heterocycles. The maximum absolute atomic E-state index is 12.2. The monoisotopic (exact) mass is 343 g/mol. The molecule has 1 amide bonds. The van der Waals surface area contributed by atoms with Crippen molar-refractivity contribution < 1.29 is 14.3 Å². The molecule has 1 atom stereocenters. The molecule has 2 aromatic rings. The van der Waals surface area contributed by atoms with Crippen molar-refractivity contribution in [2.45, 2.75) is 31.8 Å². The van der Waals surface area contributed by atoms with Crippen LogP contribution in [-0.2, 0) is 14.3 Å². The van der Waals surface area contributed by atoms with Gasteiger partial charge in [0, 0.05) is 10.6 Å². The number of carbonyl (C=O) groups is 2. The average Bonchev–Trinajstić information content (AvgIpc) is 2.57. The maximum atomic E-state index is 12.2. The quantitative estimate of drug-likeness (QED) is 0.637. The Kier molecular flexibility index (Phi) is 6.44. The van der Waals surface area contributed by atoms with Crippen LogP contribution in [0.15, 0.2) is 53.4 Å². The fraction of sp³-hybridized carbons (Fsp3) is 0.263. The summed E-state index contributed by atoms with van der Waals surface area (Å²) >= 11 is 1.38. The van der Waals surface area contributed by atoms with Crippen LogP contribution in [0.4, 0.5) is 5.69 Å². The third kappa shape index (κ3) is 5.42. The molecule has 0 radical (unpaired) electrons. The fourth-order valence-electron chi connectivity index (χ4n) is 2.05. The van der Waals surface area contributed by atoms with Crippen LogP contribution >= 0.6 is 11.8 Å². The van der Waals surface area contributed by atoms with Crippen LogP contribution in [0.3, 0.4) is 0 Å². The van der Waals surface area contributed by atoms with E-state index in [1.54, 1.807) is 6.92 Å². The molecule has 0 aliphatic carbocycles. The number of carbonyl (C=O) groups excluding carboxylic acids is 2. The molecule has 0 fully saturated rings. The van der Waals surface area contributed by atoms with Gasteiger partial charge in [-0.15, -0.1) is 11.8 Å². The van der Waals surface area contributed by atoms with Crippen molar-refractivity contribution in [3.63, 3.8) is 0 Å². The number of thioether (sulfide) groups is 1. The van der Waals surface area contributed by atoms with Gasteiger partial charge in [0.25, 0.3) is 5.91 Å². The van der Waals surface area contributed by atoms with E-state index in [-0.39, 0.29) is 11.7 Å². The van der Waals surface area contributed by atoms with E-state index in [2.05, 4.69) is 5.32 Å². The van der Waals surface area contributed by atoms with Crippen LogP contribution in [0.5, 0.6) is 0 Å². The van der Waals surface area contributed by atoms with E-state index in [4.69, 9.17) is 4.74 Å². The van der Waals surface area contributed by atoms with E-state index in [9.17, 15) is 9.59 Å². The lowest BCUT2D eigenvalue weighted by molar-refractivity contribution is -0.150. The molecular weight excluding hydrogens is 322 g/mol. The zero-order valence-corrected chi connectivity index (χ0v) is 14.9. The number of benzene rings is 2. The molecule has 0 unspecified atom stereocenters. The van der Waals surface area contributed by atoms with Crippen LogP contribution in [0.1, 0.15) is 18.1 Å². The number of ether oxygens (including phenoxy) is 1. The number of esters is 1. The van der Waals surface area contributed by atoms with Gasteiger partial charge in [0.1, 0.15) is 0 Å². The van der Waals surface area contributed by atoms with Gasteiger partial charge in [-0.1, -0.05) is 30.3 Å². The number of anilines is 1. The first kappa shape index (κ1) is 18.1. The normalized spacial score (nSPS) is 11.6. The number of amides is 1. The summed E-state index contributed by atoms with van der Waals surface area (Å²) in [4.78, 5) is 25.1. The molecule has 24 heavy (non-hydrogen) atoms. The minimum atomic E-state index is -0.839. The molecule has 0 aliphatic heterocycles. The van der Waals surface area contributed by atoms with E-state index in [1.807, 2.05) is 62.4 Å². The first-order valence-corrected chi connectivity index (χ1v) is 8.69. The third-order valence-electron chi connectivity index (χ3n) is 3.43. The third-order valence-corrected chi connectivity index (χ3v) is 4.41. The van der Waals surface area contributed by atoms with Gasteiger partial charge < -0.3 is 10.1 Å². The second-order valence-corrected chi connectivity index (χ2v) is 6.59. The zero-order chi connectivity index (χ0) is 17.5. The Morgan fingerprint density at radius 3 is 2.54 bits per heavy atom. The molecule has 0 heterocycles. The number of rotatable bonds is 6. The van der Waals surface area contributed by atoms with Crippen LogP contribution in [0, 0.1) is 13.8 Å². The Labute approximate surface area is 146 Å². The molecule has 0 saturated carbocycles. The molecule has 0 saturated heterocycles. The number of hydrogen-bond acceptors (Lipinski definition) is 4. The minimum absolute atomic E-state index is 0.172. The molecule has 126 valence electrons. The van der Waals surface area contributed by atoms with E-state index >= 15 is 0 Å². The van der Waals surface area contributed by atoms with Gasteiger partial charge in [-0.25, -0.2) is 0 Å². The first-order chi connectivity index (χ1) is 11.5. The number of aryl methyl sites for hydroxylation is 2. The molecule has 0 aliphatic rings. The van der Waals surface area contributed by atoms with Gasteiger partial charge in [-0.2, -0.15) is 0 Å². The Morgan fingerprint density at radius 1 is 1.12 bits per heavy atom. The number of hydrogen-bond donors (Lipinski definition) is 1. The lowest BCUT2D eigenvalue weighted by Crippen LogP contribution is -2.30. The van der Waals surface area contributed by atoms with Gasteiger partial charge in [0.2, 0.25) is 0 Å². The van der Waals surface area contributed by atoms with Crippen LogP contribution in [-0.4, -0.2) is 23.7 Å². The highest BCUT2D eigenvalue weighted by atomic mass is 32.2. The Bertz CT molecular complexity index is 716. The van der Waals surface area contributed by atoms with Crippen molar-refractivity contribution in [1.82, 2.24) is 0 Å². The summed E-state index contributed by atoms with van der Waals surface area (Å²) in [5, 5.41) is 2.81. The summed E-state index contributed by atoms with van der Waals surface area (Å²) in [6.45, 7) is 5.45. The molecule has 0 spiro atoms. The van der Waals surface area contributed by atoms with Gasteiger partial charge in [-0.3, -0.25) is 9.59 Å². The Balaban J connectivity index is 1.84. The van der Waals surface area contributed by atoms with Gasteiger partial charge in [-0.05, 0) is 50.1 Å². The molecule has 4 nitrogen and oxygen atoms in total. The molecule has 0 bridgehead atoms. The highest BCUT2D eigenvalue weighted by molar-refractivity contribution is 8.00. The van der Waals surface area contributed by atoms with E-state index in [0.717, 1.165) is 21.7 Å². The fourth-order valence-corrected chi connectivity index (χ4v) is 2.75. The van der Waals surface area contributed by atoms with Crippen LogP contribution in [0.2, 0.25) is 0 Å². The summed E-state index contributed by atoms with van der Waals surface area (Å²) in [6.07, 6.45) is -0.839. The predicted octanol–water partition coefficient (Wildman–Crippen LogP) is 3.97. The van der Waals surface area contributed by atoms with Gasteiger partial charge in [0.05, 0.1) is 5.75 Å². The van der Waals surface area contributed by atoms with Crippen molar-refractivity contribution in [3.8, 4) is 0 Å². The van der Waals surface area contributed by atoms with Crippen molar-refractivity contribution in [2.24, 2.45) is 0 Å². The summed E-state index contributed by atoms with van der Waals surface area (Å²) in [5.41, 5.74) is 2.76. The second kappa shape index (κ2) is 8.55. The van der Waals surface area contributed by atoms with Crippen LogP contribution in [0.25, 0.3) is 0 Å². The van der Waals surface area contributed by atoms with Crippen molar-refractivity contribution in [2.75, 3.05) is 11.1 Å². The van der Waals surface area contributed by atoms with Crippen LogP contribution < -0.4 is 5.32 Å². The van der Waals surface area contributed by atoms with Crippen molar-refractivity contribution in [1.29, 1.82) is 0 Å². The largest absolute Gasteiger partial charge is 0.452 e. The molecule has 5 heteroatoms. The maximum Gasteiger partial charge on any atom is 0.317 e. The van der Waals surface area contributed by atoms with Crippen molar-refractivity contribution in [3.05, 3.63) is 59.7 Å². The van der Waals surface area contributed by atoms with Crippen molar-refractivity contribution >= 4 is 29.3 Å². The average molecular weight is 343 g/mol. The van der Waals surface area contributed by atoms with Gasteiger partial charge >= 0.3 is 5.97 Å². The second-order valence-electron chi connectivity index (χ2n) is 5.54. The lowest BCUT2D eigenvalue weighted by Gasteiger charge is -2.15. The zero-order valence-electron chi connectivity index (χ0n) is 14.0. The standard InChI is InChI=1S/C19H21NO3S/c1-13-9-10-14(2)17(11-13)20-19(22)15(3)23-18(21)12-24-16-7-5-4-6-8-16/h4-11,15H,12H2,1-3H3,(H,20,22)/t15-/m1/s1. The predicted molar refractivity (Wildman–Crippen MR) is 97.3 cm³/mol. The smallest absolute Gasteiger partial charge is 0.317 e. The van der Waals surface area contributed by atoms with E-state index in [1.165, 1.54) is 11.8 Å². The lowest BCUT2D eigenvalue weighted by atomic mass is 10.1. The summed E-state index contributed by atoms with van der Waals surface area (Å²) in [6, 6.07) is 15.4. The minimum Gasteiger partial charge on any atom is -0.452 e. The summed E-state index contributed by atoms with van der Waals surface area (Å²) in [5.74, 6) is -0.570. The molecule has 1 N–H and O–H groups in total. The van der Waals surface area contributed by atoms with Gasteiger partial charge in [0.15, 0.2) is 6.10 Å². The molecule has 2 aromatic carbocycles. The molecule has 2 rings (SSSR count). The Hall–Kier alpha value is -2.27. The highest BCUT2D eigenvalue weighted by Gasteiger charge is 2.18. The van der Waals surface area contributed by atoms with E-state index in [0.29, 0.717) is 0 Å². The molecular formula is C19H21NO3S. The first-order valence-electron chi connectivity index (χ1n) is 7.71. The Morgan fingerprint density at radius 2 is 1.83 bits per heavy atom. The summed E-state index contributed by atoms with van der Waals surface area (Å²) in [7, 11) is 0. The topological polar surface area (TPSA) is 55.4 Å². The number of nitrogens with one attached hydrogen (secondary N) is 1. The summed E-state index contributed by atoms with van der Waals surface area (Å²) < 4.78 is 5.20. The van der Waals surface area contributed by atoms with E-state index < -0.39 is 12.1 Å². The SMILES string of the molecule is Cc1ccc(C)c(NC(=O)[C@@H](C)OC(=O)CSc2ccccc2)c1.